The van der Waals surface area contributed by atoms with E-state index in [2.05, 4.69) is 21.2 Å². The summed E-state index contributed by atoms with van der Waals surface area (Å²) in [6.45, 7) is 0.638. The molecule has 19 heavy (non-hydrogen) atoms. The van der Waals surface area contributed by atoms with Crippen LogP contribution >= 0.6 is 15.9 Å². The van der Waals surface area contributed by atoms with Gasteiger partial charge < -0.3 is 10.2 Å². The molecular weight excluding hydrogens is 308 g/mol. The third-order valence-corrected chi connectivity index (χ3v) is 4.20. The number of carbonyl (C=O) groups is 2. The second-order valence-electron chi connectivity index (χ2n) is 5.15. The Labute approximate surface area is 120 Å². The fraction of sp³-hybridized carbons (Fsp3) is 0.429. The van der Waals surface area contributed by atoms with E-state index < -0.39 is 0 Å². The van der Waals surface area contributed by atoms with Crippen LogP contribution in [0.2, 0.25) is 0 Å². The molecule has 1 aromatic carbocycles. The van der Waals surface area contributed by atoms with Crippen molar-refractivity contribution in [3.8, 4) is 0 Å². The highest BCUT2D eigenvalue weighted by atomic mass is 79.9. The fourth-order valence-corrected chi connectivity index (χ4v) is 2.78. The number of hydrogen-bond donors (Lipinski definition) is 1. The third-order valence-electron chi connectivity index (χ3n) is 3.67. The molecule has 4 nitrogen and oxygen atoms in total. The molecular formula is C14H15BrN2O2. The van der Waals surface area contributed by atoms with E-state index >= 15 is 0 Å². The van der Waals surface area contributed by atoms with Crippen LogP contribution in [-0.4, -0.2) is 29.3 Å². The number of hydrogen-bond acceptors (Lipinski definition) is 2. The van der Waals surface area contributed by atoms with E-state index in [4.69, 9.17) is 0 Å². The maximum absolute atomic E-state index is 12.1. The Morgan fingerprint density at radius 3 is 2.53 bits per heavy atom. The van der Waals surface area contributed by atoms with Gasteiger partial charge in [-0.15, -0.1) is 0 Å². The lowest BCUT2D eigenvalue weighted by Crippen LogP contribution is -2.58. The number of halogens is 1. The van der Waals surface area contributed by atoms with Crippen LogP contribution in [0, 0.1) is 5.92 Å². The monoisotopic (exact) mass is 322 g/mol. The summed E-state index contributed by atoms with van der Waals surface area (Å²) < 4.78 is 1.01. The SMILES string of the molecule is O=C1NCC(=O)N(Cc2ccc(Br)cc2)C1C1CC1. The minimum Gasteiger partial charge on any atom is -0.345 e. The van der Waals surface area contributed by atoms with Gasteiger partial charge in [0, 0.05) is 11.0 Å². The molecule has 0 radical (unpaired) electrons. The summed E-state index contributed by atoms with van der Waals surface area (Å²) in [6.07, 6.45) is 2.09. The number of nitrogens with zero attached hydrogens (tertiary/aromatic N) is 1. The third kappa shape index (κ3) is 2.66. The minimum atomic E-state index is -0.273. The van der Waals surface area contributed by atoms with Gasteiger partial charge in [-0.1, -0.05) is 28.1 Å². The number of piperazine rings is 1. The van der Waals surface area contributed by atoms with Gasteiger partial charge in [0.05, 0.1) is 6.54 Å². The molecule has 1 aliphatic heterocycles. The molecule has 0 spiro atoms. The maximum Gasteiger partial charge on any atom is 0.243 e. The summed E-state index contributed by atoms with van der Waals surface area (Å²) in [5.41, 5.74) is 1.05. The summed E-state index contributed by atoms with van der Waals surface area (Å²) in [5, 5.41) is 2.69. The lowest BCUT2D eigenvalue weighted by molar-refractivity contribution is -0.147. The molecule has 3 rings (SSSR count). The molecule has 1 aromatic rings. The fourth-order valence-electron chi connectivity index (χ4n) is 2.52. The van der Waals surface area contributed by atoms with E-state index in [9.17, 15) is 9.59 Å². The highest BCUT2D eigenvalue weighted by Gasteiger charge is 2.44. The molecule has 2 amide bonds. The maximum atomic E-state index is 12.1. The summed E-state index contributed by atoms with van der Waals surface area (Å²) >= 11 is 3.39. The average molecular weight is 323 g/mol. The van der Waals surface area contributed by atoms with Gasteiger partial charge in [-0.2, -0.15) is 0 Å². The van der Waals surface area contributed by atoms with Crippen LogP contribution in [0.5, 0.6) is 0 Å². The zero-order chi connectivity index (χ0) is 13.4. The Hall–Kier alpha value is -1.36. The normalized spacial score (nSPS) is 23.4. The molecule has 0 aromatic heterocycles. The minimum absolute atomic E-state index is 0.000730. The Morgan fingerprint density at radius 2 is 1.89 bits per heavy atom. The highest BCUT2D eigenvalue weighted by molar-refractivity contribution is 9.10. The number of benzene rings is 1. The quantitative estimate of drug-likeness (QED) is 0.920. The van der Waals surface area contributed by atoms with Gasteiger partial charge in [0.15, 0.2) is 0 Å². The van der Waals surface area contributed by atoms with Crippen LogP contribution in [-0.2, 0) is 16.1 Å². The second kappa shape index (κ2) is 4.96. The Balaban J connectivity index is 1.81. The van der Waals surface area contributed by atoms with E-state index in [1.807, 2.05) is 24.3 Å². The van der Waals surface area contributed by atoms with E-state index in [-0.39, 0.29) is 24.4 Å². The van der Waals surface area contributed by atoms with Gasteiger partial charge >= 0.3 is 0 Å². The summed E-state index contributed by atoms with van der Waals surface area (Å²) in [5.74, 6) is 0.360. The van der Waals surface area contributed by atoms with Crippen molar-refractivity contribution in [3.63, 3.8) is 0 Å². The van der Waals surface area contributed by atoms with Crippen LogP contribution in [0.1, 0.15) is 18.4 Å². The molecule has 2 aliphatic rings. The van der Waals surface area contributed by atoms with E-state index in [1.54, 1.807) is 4.90 Å². The molecule has 2 fully saturated rings. The van der Waals surface area contributed by atoms with E-state index in [0.717, 1.165) is 22.9 Å². The molecule has 100 valence electrons. The number of rotatable bonds is 3. The van der Waals surface area contributed by atoms with Gasteiger partial charge in [-0.25, -0.2) is 0 Å². The first-order chi connectivity index (χ1) is 9.15. The van der Waals surface area contributed by atoms with Crippen LogP contribution in [0.15, 0.2) is 28.7 Å². The van der Waals surface area contributed by atoms with Gasteiger partial charge in [-0.3, -0.25) is 9.59 Å². The smallest absolute Gasteiger partial charge is 0.243 e. The Morgan fingerprint density at radius 1 is 1.21 bits per heavy atom. The summed E-state index contributed by atoms with van der Waals surface area (Å²) in [7, 11) is 0. The van der Waals surface area contributed by atoms with Crippen molar-refractivity contribution in [3.05, 3.63) is 34.3 Å². The lowest BCUT2D eigenvalue weighted by atomic mass is 10.1. The van der Waals surface area contributed by atoms with Crippen molar-refractivity contribution in [1.29, 1.82) is 0 Å². The van der Waals surface area contributed by atoms with Crippen LogP contribution in [0.4, 0.5) is 0 Å². The molecule has 1 unspecified atom stereocenters. The predicted molar refractivity (Wildman–Crippen MR) is 74.2 cm³/mol. The summed E-state index contributed by atoms with van der Waals surface area (Å²) in [6, 6.07) is 7.60. The number of nitrogens with one attached hydrogen (secondary N) is 1. The number of amides is 2. The standard InChI is InChI=1S/C14H15BrN2O2/c15-11-5-1-9(2-6-11)8-17-12(18)7-16-14(19)13(17)10-3-4-10/h1-2,5-6,10,13H,3-4,7-8H2,(H,16,19). The van der Waals surface area contributed by atoms with Gasteiger partial charge in [0.2, 0.25) is 11.8 Å². The topological polar surface area (TPSA) is 49.4 Å². The van der Waals surface area contributed by atoms with Crippen molar-refractivity contribution in [2.24, 2.45) is 5.92 Å². The van der Waals surface area contributed by atoms with Crippen LogP contribution in [0.3, 0.4) is 0 Å². The molecule has 1 saturated heterocycles. The first kappa shape index (κ1) is 12.7. The zero-order valence-electron chi connectivity index (χ0n) is 10.4. The van der Waals surface area contributed by atoms with Crippen molar-refractivity contribution >= 4 is 27.7 Å². The lowest BCUT2D eigenvalue weighted by Gasteiger charge is -2.35. The molecule has 1 aliphatic carbocycles. The van der Waals surface area contributed by atoms with Crippen LogP contribution in [0.25, 0.3) is 0 Å². The summed E-state index contributed by atoms with van der Waals surface area (Å²) in [4.78, 5) is 25.8. The van der Waals surface area contributed by atoms with Gasteiger partial charge in [0.25, 0.3) is 0 Å². The van der Waals surface area contributed by atoms with E-state index in [1.165, 1.54) is 0 Å². The largest absolute Gasteiger partial charge is 0.345 e. The van der Waals surface area contributed by atoms with Crippen molar-refractivity contribution in [2.75, 3.05) is 6.54 Å². The Kier molecular flexibility index (Phi) is 3.31. The van der Waals surface area contributed by atoms with Crippen molar-refractivity contribution in [2.45, 2.75) is 25.4 Å². The number of carbonyl (C=O) groups excluding carboxylic acids is 2. The van der Waals surface area contributed by atoms with Crippen molar-refractivity contribution in [1.82, 2.24) is 10.2 Å². The Bertz CT molecular complexity index is 511. The molecule has 1 saturated carbocycles. The average Bonchev–Trinajstić information content (AvgIpc) is 3.21. The van der Waals surface area contributed by atoms with Gasteiger partial charge in [0.1, 0.15) is 6.04 Å². The van der Waals surface area contributed by atoms with Crippen molar-refractivity contribution < 1.29 is 9.59 Å². The van der Waals surface area contributed by atoms with E-state index in [0.29, 0.717) is 12.5 Å². The molecule has 1 atom stereocenters. The molecule has 1 heterocycles. The molecule has 5 heteroatoms. The van der Waals surface area contributed by atoms with Gasteiger partial charge in [-0.05, 0) is 36.5 Å². The predicted octanol–water partition coefficient (Wildman–Crippen LogP) is 1.69. The second-order valence-corrected chi connectivity index (χ2v) is 6.06. The first-order valence-corrected chi connectivity index (χ1v) is 7.26. The zero-order valence-corrected chi connectivity index (χ0v) is 12.0. The highest BCUT2D eigenvalue weighted by Crippen LogP contribution is 2.37. The first-order valence-electron chi connectivity index (χ1n) is 6.47. The molecule has 0 bridgehead atoms. The van der Waals surface area contributed by atoms with Crippen LogP contribution < -0.4 is 5.32 Å². The molecule has 1 N–H and O–H groups in total.